The minimum Gasteiger partial charge on any atom is -0.326 e. The van der Waals surface area contributed by atoms with Crippen LogP contribution >= 0.6 is 11.3 Å². The van der Waals surface area contributed by atoms with Crippen LogP contribution in [0.1, 0.15) is 17.8 Å². The number of thiophene rings is 1. The number of carbonyl (C=O) groups is 2. The van der Waals surface area contributed by atoms with Crippen molar-refractivity contribution in [1.82, 2.24) is 10.6 Å². The number of rotatable bonds is 4. The number of nitrogens with zero attached hydrogens (tertiary/aromatic N) is 1. The zero-order valence-corrected chi connectivity index (χ0v) is 13.9. The Kier molecular flexibility index (Phi) is 4.48. The summed E-state index contributed by atoms with van der Waals surface area (Å²) < 4.78 is 0. The zero-order valence-electron chi connectivity index (χ0n) is 13.1. The zero-order chi connectivity index (χ0) is 18.0. The summed E-state index contributed by atoms with van der Waals surface area (Å²) >= 11 is 1.42. The van der Waals surface area contributed by atoms with Crippen LogP contribution in [0, 0.1) is 10.1 Å². The Hall–Kier alpha value is -3.20. The van der Waals surface area contributed by atoms with Gasteiger partial charge in [0.1, 0.15) is 0 Å². The molecule has 25 heavy (non-hydrogen) atoms. The molecule has 8 nitrogen and oxygen atoms in total. The summed E-state index contributed by atoms with van der Waals surface area (Å²) in [5.74, 6) is -0.441. The summed E-state index contributed by atoms with van der Waals surface area (Å²) in [6, 6.07) is 8.38. The van der Waals surface area contributed by atoms with E-state index in [1.807, 2.05) is 17.5 Å². The Morgan fingerprint density at radius 1 is 1.32 bits per heavy atom. The van der Waals surface area contributed by atoms with Crippen molar-refractivity contribution >= 4 is 34.6 Å². The molecule has 128 valence electrons. The first kappa shape index (κ1) is 16.7. The van der Waals surface area contributed by atoms with Gasteiger partial charge < -0.3 is 16.0 Å². The minimum atomic E-state index is -0.576. The molecule has 1 aromatic carbocycles. The number of non-ortho nitro benzene ring substituents is 1. The molecule has 3 amide bonds. The molecule has 1 aliphatic rings. The van der Waals surface area contributed by atoms with Gasteiger partial charge >= 0.3 is 6.03 Å². The number of hydrogen-bond donors (Lipinski definition) is 3. The molecule has 1 aliphatic heterocycles. The minimum absolute atomic E-state index is 0.117. The lowest BCUT2D eigenvalue weighted by Gasteiger charge is -2.27. The van der Waals surface area contributed by atoms with Crippen LogP contribution in [0.2, 0.25) is 0 Å². The average Bonchev–Trinajstić information content (AvgIpc) is 3.08. The third kappa shape index (κ3) is 3.50. The highest BCUT2D eigenvalue weighted by Crippen LogP contribution is 2.30. The number of nitro groups is 1. The highest BCUT2D eigenvalue weighted by atomic mass is 32.1. The Bertz CT molecular complexity index is 876. The smallest absolute Gasteiger partial charge is 0.319 e. The number of amides is 3. The van der Waals surface area contributed by atoms with Gasteiger partial charge in [-0.3, -0.25) is 14.9 Å². The lowest BCUT2D eigenvalue weighted by molar-refractivity contribution is -0.384. The van der Waals surface area contributed by atoms with E-state index in [-0.39, 0.29) is 11.7 Å². The monoisotopic (exact) mass is 358 g/mol. The predicted molar refractivity (Wildman–Crippen MR) is 93.2 cm³/mol. The van der Waals surface area contributed by atoms with Gasteiger partial charge in [0.05, 0.1) is 16.5 Å². The number of anilines is 1. The van der Waals surface area contributed by atoms with E-state index in [0.717, 1.165) is 4.88 Å². The van der Waals surface area contributed by atoms with Gasteiger partial charge in [-0.15, -0.1) is 11.3 Å². The molecule has 0 spiro atoms. The summed E-state index contributed by atoms with van der Waals surface area (Å²) in [5.41, 5.74) is 0.980. The van der Waals surface area contributed by atoms with E-state index < -0.39 is 16.9 Å². The standard InChI is InChI=1S/C16H14N4O4S/c1-9-13(14(19-16(22)17-9)12-6-3-7-25-12)15(21)18-10-4-2-5-11(8-10)20(23)24/h2-8,14H,1H3,(H,18,21)(H2,17,19,22)/t14-/m0/s1. The van der Waals surface area contributed by atoms with Gasteiger partial charge in [-0.25, -0.2) is 4.79 Å². The lowest BCUT2D eigenvalue weighted by atomic mass is 10.0. The van der Waals surface area contributed by atoms with E-state index in [1.165, 1.54) is 29.5 Å². The molecule has 0 radical (unpaired) electrons. The molecule has 9 heteroatoms. The molecule has 2 heterocycles. The fourth-order valence-electron chi connectivity index (χ4n) is 2.56. The molecule has 0 unspecified atom stereocenters. The molecule has 3 rings (SSSR count). The normalized spacial score (nSPS) is 16.8. The van der Waals surface area contributed by atoms with Crippen LogP contribution in [0.4, 0.5) is 16.2 Å². The van der Waals surface area contributed by atoms with E-state index in [0.29, 0.717) is 17.0 Å². The van der Waals surface area contributed by atoms with Gasteiger partial charge in [0.15, 0.2) is 0 Å². The molecule has 0 aliphatic carbocycles. The van der Waals surface area contributed by atoms with Crippen molar-refractivity contribution in [3.8, 4) is 0 Å². The first-order chi connectivity index (χ1) is 12.0. The largest absolute Gasteiger partial charge is 0.326 e. The molecule has 3 N–H and O–H groups in total. The van der Waals surface area contributed by atoms with Crippen LogP contribution in [0.15, 0.2) is 53.0 Å². The maximum atomic E-state index is 12.7. The lowest BCUT2D eigenvalue weighted by Crippen LogP contribution is -2.45. The Morgan fingerprint density at radius 3 is 2.80 bits per heavy atom. The second-order valence-electron chi connectivity index (χ2n) is 5.35. The van der Waals surface area contributed by atoms with Crippen LogP contribution in [0.5, 0.6) is 0 Å². The van der Waals surface area contributed by atoms with Gasteiger partial charge in [-0.1, -0.05) is 12.1 Å². The van der Waals surface area contributed by atoms with Gasteiger partial charge in [-0.05, 0) is 24.4 Å². The van der Waals surface area contributed by atoms with Gasteiger partial charge in [0.2, 0.25) is 0 Å². The topological polar surface area (TPSA) is 113 Å². The maximum Gasteiger partial charge on any atom is 0.319 e. The van der Waals surface area contributed by atoms with Crippen LogP contribution in [0.25, 0.3) is 0 Å². The first-order valence-corrected chi connectivity index (χ1v) is 8.21. The summed E-state index contributed by atoms with van der Waals surface area (Å²) in [5, 5.41) is 20.7. The molecule has 0 fully saturated rings. The highest BCUT2D eigenvalue weighted by Gasteiger charge is 2.31. The Balaban J connectivity index is 1.91. The Morgan fingerprint density at radius 2 is 2.12 bits per heavy atom. The molecular formula is C16H14N4O4S. The molecular weight excluding hydrogens is 344 g/mol. The number of urea groups is 1. The van der Waals surface area contributed by atoms with Crippen molar-refractivity contribution in [2.75, 3.05) is 5.32 Å². The highest BCUT2D eigenvalue weighted by molar-refractivity contribution is 7.10. The molecule has 0 saturated carbocycles. The maximum absolute atomic E-state index is 12.7. The third-order valence-corrected chi connectivity index (χ3v) is 4.59. The quantitative estimate of drug-likeness (QED) is 0.576. The van der Waals surface area contributed by atoms with Crippen LogP contribution < -0.4 is 16.0 Å². The van der Waals surface area contributed by atoms with E-state index in [2.05, 4.69) is 16.0 Å². The SMILES string of the molecule is CC1=C(C(=O)Nc2cccc([N+](=O)[O-])c2)[C@H](c2cccs2)NC(=O)N1. The molecule has 1 aromatic heterocycles. The first-order valence-electron chi connectivity index (χ1n) is 7.33. The number of carbonyl (C=O) groups excluding carboxylic acids is 2. The van der Waals surface area contributed by atoms with Crippen molar-refractivity contribution in [3.63, 3.8) is 0 Å². The molecule has 1 atom stereocenters. The van der Waals surface area contributed by atoms with Crippen molar-refractivity contribution < 1.29 is 14.5 Å². The van der Waals surface area contributed by atoms with Gasteiger partial charge in [-0.2, -0.15) is 0 Å². The van der Waals surface area contributed by atoms with Crippen molar-refractivity contribution in [2.45, 2.75) is 13.0 Å². The van der Waals surface area contributed by atoms with E-state index >= 15 is 0 Å². The summed E-state index contributed by atoms with van der Waals surface area (Å²) in [6.45, 7) is 1.64. The molecule has 0 saturated heterocycles. The summed E-state index contributed by atoms with van der Waals surface area (Å²) in [6.07, 6.45) is 0. The van der Waals surface area contributed by atoms with E-state index in [4.69, 9.17) is 0 Å². The summed E-state index contributed by atoms with van der Waals surface area (Å²) in [4.78, 5) is 35.7. The van der Waals surface area contributed by atoms with Gasteiger partial charge in [0, 0.05) is 28.4 Å². The number of allylic oxidation sites excluding steroid dienone is 1. The van der Waals surface area contributed by atoms with Crippen LogP contribution in [0.3, 0.4) is 0 Å². The van der Waals surface area contributed by atoms with Crippen LogP contribution in [-0.2, 0) is 4.79 Å². The van der Waals surface area contributed by atoms with E-state index in [1.54, 1.807) is 13.0 Å². The Labute approximate surface area is 146 Å². The predicted octanol–water partition coefficient (Wildman–Crippen LogP) is 2.92. The second-order valence-corrected chi connectivity index (χ2v) is 6.33. The second kappa shape index (κ2) is 6.73. The third-order valence-electron chi connectivity index (χ3n) is 3.66. The molecule has 0 bridgehead atoms. The number of nitro benzene ring substituents is 1. The fourth-order valence-corrected chi connectivity index (χ4v) is 3.34. The number of hydrogen-bond acceptors (Lipinski definition) is 5. The fraction of sp³-hybridized carbons (Fsp3) is 0.125. The number of benzene rings is 1. The van der Waals surface area contributed by atoms with Gasteiger partial charge in [0.25, 0.3) is 11.6 Å². The van der Waals surface area contributed by atoms with Crippen LogP contribution in [-0.4, -0.2) is 16.9 Å². The van der Waals surface area contributed by atoms with Crippen molar-refractivity contribution in [3.05, 3.63) is 68.0 Å². The summed E-state index contributed by atoms with van der Waals surface area (Å²) in [7, 11) is 0. The van der Waals surface area contributed by atoms with Crippen molar-refractivity contribution in [1.29, 1.82) is 0 Å². The van der Waals surface area contributed by atoms with E-state index in [9.17, 15) is 19.7 Å². The average molecular weight is 358 g/mol. The molecule has 2 aromatic rings. The van der Waals surface area contributed by atoms with Crippen molar-refractivity contribution in [2.24, 2.45) is 0 Å². The number of nitrogens with one attached hydrogen (secondary N) is 3.